The van der Waals surface area contributed by atoms with E-state index in [-0.39, 0.29) is 64.1 Å². The van der Waals surface area contributed by atoms with Crippen LogP contribution < -0.4 is 4.74 Å². The van der Waals surface area contributed by atoms with Crippen molar-refractivity contribution in [2.24, 2.45) is 0 Å². The number of hydrogen-bond donors (Lipinski definition) is 0. The zero-order valence-corrected chi connectivity index (χ0v) is 11.3. The van der Waals surface area contributed by atoms with Gasteiger partial charge in [0.05, 0.1) is 0 Å². The van der Waals surface area contributed by atoms with Gasteiger partial charge in [0.2, 0.25) is 0 Å². The Balaban J connectivity index is -0.000000302. The number of ether oxygens (including phenoxy) is 1. The minimum atomic E-state index is 0. The maximum Gasteiger partial charge on any atom is 0.126 e. The Bertz CT molecular complexity index is 279. The van der Waals surface area contributed by atoms with Gasteiger partial charge < -0.3 is 4.74 Å². The minimum absolute atomic E-state index is 0. The fraction of sp³-hybridized carbons (Fsp3) is 0.200. The summed E-state index contributed by atoms with van der Waals surface area (Å²) in [6, 6.07) is 8.03. The first-order valence-corrected chi connectivity index (χ1v) is 3.35. The van der Waals surface area contributed by atoms with Crippen molar-refractivity contribution in [2.45, 2.75) is 7.43 Å². The molecule has 0 aliphatic carbocycles. The minimum Gasteiger partial charge on any atom is -0.489 e. The Morgan fingerprint density at radius 3 is 2.43 bits per heavy atom. The molecule has 0 fully saturated rings. The van der Waals surface area contributed by atoms with E-state index >= 15 is 0 Å². The summed E-state index contributed by atoms with van der Waals surface area (Å²) in [6.45, 7) is 0.705. The Labute approximate surface area is 122 Å². The summed E-state index contributed by atoms with van der Waals surface area (Å²) < 4.78 is 5.34. The molecule has 2 rings (SSSR count). The van der Waals surface area contributed by atoms with E-state index in [0.29, 0.717) is 6.61 Å². The Kier molecular flexibility index (Phi) is 14.4. The molecule has 14 heavy (non-hydrogen) atoms. The topological polar surface area (TPSA) is 9.23 Å². The largest absolute Gasteiger partial charge is 0.489 e. The van der Waals surface area contributed by atoms with E-state index in [4.69, 9.17) is 4.74 Å². The van der Waals surface area contributed by atoms with Crippen molar-refractivity contribution in [2.75, 3.05) is 6.61 Å². The van der Waals surface area contributed by atoms with Crippen LogP contribution in [0.1, 0.15) is 13.0 Å². The van der Waals surface area contributed by atoms with Gasteiger partial charge in [-0.2, -0.15) is 0 Å². The maximum absolute atomic E-state index is 5.34. The molecule has 0 saturated heterocycles. The first-order valence-electron chi connectivity index (χ1n) is 3.35. The van der Waals surface area contributed by atoms with Crippen molar-refractivity contribution < 1.29 is 61.4 Å². The van der Waals surface area contributed by atoms with Crippen LogP contribution in [-0.2, 0) is 56.7 Å². The van der Waals surface area contributed by atoms with Crippen LogP contribution in [0.15, 0.2) is 30.3 Å². The van der Waals surface area contributed by atoms with Gasteiger partial charge in [-0.1, -0.05) is 31.7 Å². The molecule has 1 heterocycles. The zero-order valence-electron chi connectivity index (χ0n) is 6.79. The van der Waals surface area contributed by atoms with E-state index in [9.17, 15) is 0 Å². The van der Waals surface area contributed by atoms with Gasteiger partial charge >= 0.3 is 0 Å². The Morgan fingerprint density at radius 1 is 1.14 bits per heavy atom. The van der Waals surface area contributed by atoms with Gasteiger partial charge in [-0.15, -0.1) is 0 Å². The van der Waals surface area contributed by atoms with E-state index in [1.165, 1.54) is 5.56 Å². The summed E-state index contributed by atoms with van der Waals surface area (Å²) in [5, 5.41) is 0. The fourth-order valence-corrected chi connectivity index (χ4v) is 1.06. The van der Waals surface area contributed by atoms with Crippen molar-refractivity contribution in [3.8, 4) is 5.75 Å². The van der Waals surface area contributed by atoms with E-state index < -0.39 is 0 Å². The van der Waals surface area contributed by atoms with E-state index in [0.717, 1.165) is 5.75 Å². The van der Waals surface area contributed by atoms with Crippen LogP contribution in [0.3, 0.4) is 0 Å². The second kappa shape index (κ2) is 10.1. The van der Waals surface area contributed by atoms with Gasteiger partial charge in [-0.3, -0.25) is 0 Å². The molecule has 4 heteroatoms. The molecule has 0 atom stereocenters. The third-order valence-corrected chi connectivity index (χ3v) is 1.55. The fourth-order valence-electron chi connectivity index (χ4n) is 1.06. The Hall–Kier alpha value is 0.552. The van der Waals surface area contributed by atoms with Gasteiger partial charge in [-0.05, 0) is 12.1 Å². The van der Waals surface area contributed by atoms with E-state index in [2.05, 4.69) is 6.08 Å². The third kappa shape index (κ3) is 4.87. The van der Waals surface area contributed by atoms with E-state index in [1.54, 1.807) is 0 Å². The number of hydrogen-bond acceptors (Lipinski definition) is 1. The number of fused-ring (bicyclic) bond motifs is 1. The molecule has 77 valence electrons. The summed E-state index contributed by atoms with van der Waals surface area (Å²) >= 11 is 0. The molecule has 0 amide bonds. The molecule has 1 aliphatic rings. The molecule has 0 unspecified atom stereocenters. The molecule has 1 radical (unpaired) electrons. The van der Waals surface area contributed by atoms with Crippen LogP contribution in [0, 0.1) is 0 Å². The van der Waals surface area contributed by atoms with Crippen LogP contribution in [0.2, 0.25) is 0 Å². The second-order valence-corrected chi connectivity index (χ2v) is 2.25. The molecule has 0 aromatic heterocycles. The molecule has 1 aliphatic heterocycles. The molecule has 0 bridgehead atoms. The molecular weight excluding hydrogens is 339 g/mol. The maximum atomic E-state index is 5.34. The average molecular weight is 351 g/mol. The van der Waals surface area contributed by atoms with Crippen LogP contribution >= 0.6 is 0 Å². The van der Waals surface area contributed by atoms with Gasteiger partial charge in [0.25, 0.3) is 0 Å². The second-order valence-electron chi connectivity index (χ2n) is 2.25. The first kappa shape index (κ1) is 20.0. The smallest absolute Gasteiger partial charge is 0.126 e. The molecular formula is C10H12FeMoOV. The summed E-state index contributed by atoms with van der Waals surface area (Å²) in [4.78, 5) is 0. The third-order valence-electron chi connectivity index (χ3n) is 1.55. The van der Waals surface area contributed by atoms with Crippen molar-refractivity contribution in [1.82, 2.24) is 0 Å². The normalized spacial score (nSPS) is 10.0. The van der Waals surface area contributed by atoms with Crippen molar-refractivity contribution in [1.29, 1.82) is 0 Å². The summed E-state index contributed by atoms with van der Waals surface area (Å²) in [7, 11) is 0. The molecule has 1 nitrogen and oxygen atoms in total. The van der Waals surface area contributed by atoms with Crippen LogP contribution in [-0.4, -0.2) is 6.61 Å². The summed E-state index contributed by atoms with van der Waals surface area (Å²) in [6.07, 6.45) is 4.10. The molecule has 1 aromatic carbocycles. The van der Waals surface area contributed by atoms with Gasteiger partial charge in [0, 0.05) is 62.3 Å². The average Bonchev–Trinajstić information content (AvgIpc) is 2.05. The van der Waals surface area contributed by atoms with Gasteiger partial charge in [0.15, 0.2) is 0 Å². The van der Waals surface area contributed by atoms with Crippen molar-refractivity contribution in [3.05, 3.63) is 35.9 Å². The number of para-hydroxylation sites is 1. The molecule has 0 saturated carbocycles. The van der Waals surface area contributed by atoms with Crippen molar-refractivity contribution in [3.63, 3.8) is 0 Å². The van der Waals surface area contributed by atoms with Gasteiger partial charge in [0.1, 0.15) is 12.4 Å². The standard InChI is InChI=1S/C9H8O.CH4.Fe.Mo.V/c1-2-6-9-8(4-1)5-3-7-10-9;;;;/h1-6H,7H2;1H4;;;. The molecule has 0 spiro atoms. The quantitative estimate of drug-likeness (QED) is 0.654. The van der Waals surface area contributed by atoms with Gasteiger partial charge in [-0.25, -0.2) is 0 Å². The Morgan fingerprint density at radius 2 is 1.79 bits per heavy atom. The van der Waals surface area contributed by atoms with E-state index in [1.807, 2.05) is 30.3 Å². The monoisotopic (exact) mass is 353 g/mol. The predicted molar refractivity (Wildman–Crippen MR) is 47.7 cm³/mol. The number of rotatable bonds is 0. The van der Waals surface area contributed by atoms with Crippen LogP contribution in [0.4, 0.5) is 0 Å². The van der Waals surface area contributed by atoms with Crippen LogP contribution in [0.5, 0.6) is 5.75 Å². The predicted octanol–water partition coefficient (Wildman–Crippen LogP) is 2.72. The van der Waals surface area contributed by atoms with Crippen molar-refractivity contribution >= 4 is 6.08 Å². The molecule has 1 aromatic rings. The SMILES string of the molecule is C.C1=Cc2ccccc2OC1.[Fe].[Mo].[V]. The summed E-state index contributed by atoms with van der Waals surface area (Å²) in [5.74, 6) is 0.991. The number of benzene rings is 1. The zero-order chi connectivity index (χ0) is 6.81. The van der Waals surface area contributed by atoms with Crippen LogP contribution in [0.25, 0.3) is 6.08 Å². The first-order chi connectivity index (χ1) is 4.97. The summed E-state index contributed by atoms with van der Waals surface area (Å²) in [5.41, 5.74) is 1.17. The molecule has 0 N–H and O–H groups in total.